The highest BCUT2D eigenvalue weighted by molar-refractivity contribution is 6.31. The molecule has 0 saturated carbocycles. The van der Waals surface area contributed by atoms with E-state index in [1.54, 1.807) is 24.3 Å². The second-order valence-corrected chi connectivity index (χ2v) is 6.60. The number of carbonyl (C=O) groups excluding carboxylic acids is 2. The highest BCUT2D eigenvalue weighted by Gasteiger charge is 2.46. The van der Waals surface area contributed by atoms with Gasteiger partial charge in [0.2, 0.25) is 0 Å². The summed E-state index contributed by atoms with van der Waals surface area (Å²) >= 11 is 5.98. The highest BCUT2D eigenvalue weighted by Crippen LogP contribution is 2.40. The summed E-state index contributed by atoms with van der Waals surface area (Å²) in [6.07, 6.45) is -0.343. The van der Waals surface area contributed by atoms with Gasteiger partial charge in [-0.1, -0.05) is 48.0 Å². The number of rotatable bonds is 3. The standard InChI is InChI=1S/C20H14ClNO3/c21-15-7-8-17-16(10-15)20(25,19(24)22-17)11-18(23)14-6-5-12-3-1-2-4-13(12)9-14/h1-10,25H,11H2,(H,22,24)/t20-/m0/s1. The van der Waals surface area contributed by atoms with E-state index in [-0.39, 0.29) is 12.2 Å². The minimum absolute atomic E-state index is 0.309. The minimum Gasteiger partial charge on any atom is -0.375 e. The zero-order valence-corrected chi connectivity index (χ0v) is 13.9. The maximum absolute atomic E-state index is 12.7. The van der Waals surface area contributed by atoms with Crippen LogP contribution >= 0.6 is 11.6 Å². The number of anilines is 1. The summed E-state index contributed by atoms with van der Waals surface area (Å²) in [6, 6.07) is 17.8. The Morgan fingerprint density at radius 1 is 1.04 bits per heavy atom. The van der Waals surface area contributed by atoms with Crippen LogP contribution in [0, 0.1) is 0 Å². The van der Waals surface area contributed by atoms with E-state index in [2.05, 4.69) is 5.32 Å². The molecule has 1 aliphatic rings. The first-order valence-corrected chi connectivity index (χ1v) is 8.21. The number of nitrogens with one attached hydrogen (secondary N) is 1. The van der Waals surface area contributed by atoms with Crippen LogP contribution in [-0.4, -0.2) is 16.8 Å². The molecule has 4 nitrogen and oxygen atoms in total. The number of benzene rings is 3. The Balaban J connectivity index is 1.70. The van der Waals surface area contributed by atoms with Crippen molar-refractivity contribution in [2.75, 3.05) is 5.32 Å². The molecule has 0 spiro atoms. The molecule has 3 aromatic carbocycles. The lowest BCUT2D eigenvalue weighted by Gasteiger charge is -2.20. The first-order valence-electron chi connectivity index (χ1n) is 7.83. The van der Waals surface area contributed by atoms with Crippen LogP contribution in [0.15, 0.2) is 60.7 Å². The molecule has 0 aromatic heterocycles. The fourth-order valence-corrected chi connectivity index (χ4v) is 3.36. The van der Waals surface area contributed by atoms with Gasteiger partial charge in [0.25, 0.3) is 5.91 Å². The fraction of sp³-hybridized carbons (Fsp3) is 0.100. The number of amides is 1. The van der Waals surface area contributed by atoms with Crippen molar-refractivity contribution >= 4 is 39.8 Å². The van der Waals surface area contributed by atoms with Crippen LogP contribution in [0.25, 0.3) is 10.8 Å². The molecule has 0 radical (unpaired) electrons. The first-order chi connectivity index (χ1) is 12.0. The van der Waals surface area contributed by atoms with Crippen LogP contribution in [0.5, 0.6) is 0 Å². The lowest BCUT2D eigenvalue weighted by molar-refractivity contribution is -0.133. The van der Waals surface area contributed by atoms with Gasteiger partial charge >= 0.3 is 0 Å². The highest BCUT2D eigenvalue weighted by atomic mass is 35.5. The summed E-state index contributed by atoms with van der Waals surface area (Å²) in [5.41, 5.74) is -0.652. The molecule has 0 fully saturated rings. The predicted octanol–water partition coefficient (Wildman–Crippen LogP) is 3.91. The Labute approximate surface area is 149 Å². The molecule has 4 rings (SSSR count). The van der Waals surface area contributed by atoms with Gasteiger partial charge in [-0.3, -0.25) is 9.59 Å². The summed E-state index contributed by atoms with van der Waals surface area (Å²) in [7, 11) is 0. The van der Waals surface area contributed by atoms with E-state index < -0.39 is 11.5 Å². The van der Waals surface area contributed by atoms with E-state index in [4.69, 9.17) is 11.6 Å². The van der Waals surface area contributed by atoms with Gasteiger partial charge in [0.15, 0.2) is 11.4 Å². The average Bonchev–Trinajstić information content (AvgIpc) is 2.85. The van der Waals surface area contributed by atoms with E-state index in [9.17, 15) is 14.7 Å². The van der Waals surface area contributed by atoms with Crippen molar-refractivity contribution in [2.45, 2.75) is 12.0 Å². The molecule has 3 aromatic rings. The second kappa shape index (κ2) is 5.69. The summed E-state index contributed by atoms with van der Waals surface area (Å²) in [6.45, 7) is 0. The monoisotopic (exact) mass is 351 g/mol. The van der Waals surface area contributed by atoms with Crippen molar-refractivity contribution in [2.24, 2.45) is 0 Å². The van der Waals surface area contributed by atoms with E-state index in [0.717, 1.165) is 10.8 Å². The lowest BCUT2D eigenvalue weighted by atomic mass is 9.88. The van der Waals surface area contributed by atoms with Gasteiger partial charge in [0.1, 0.15) is 0 Å². The number of halogens is 1. The topological polar surface area (TPSA) is 66.4 Å². The van der Waals surface area contributed by atoms with Crippen LogP contribution in [0.4, 0.5) is 5.69 Å². The summed E-state index contributed by atoms with van der Waals surface area (Å²) in [4.78, 5) is 25.0. The van der Waals surface area contributed by atoms with Gasteiger partial charge in [-0.05, 0) is 35.0 Å². The predicted molar refractivity (Wildman–Crippen MR) is 96.9 cm³/mol. The molecule has 1 amide bonds. The Bertz CT molecular complexity index is 1030. The molecule has 0 saturated heterocycles. The largest absolute Gasteiger partial charge is 0.375 e. The molecular weight excluding hydrogens is 338 g/mol. The van der Waals surface area contributed by atoms with E-state index in [1.165, 1.54) is 6.07 Å². The van der Waals surface area contributed by atoms with Gasteiger partial charge < -0.3 is 10.4 Å². The molecule has 0 unspecified atom stereocenters. The zero-order chi connectivity index (χ0) is 17.6. The van der Waals surface area contributed by atoms with Crippen molar-refractivity contribution in [3.63, 3.8) is 0 Å². The maximum atomic E-state index is 12.7. The van der Waals surface area contributed by atoms with Crippen LogP contribution in [0.1, 0.15) is 22.3 Å². The molecular formula is C20H14ClNO3. The van der Waals surface area contributed by atoms with E-state index in [1.807, 2.05) is 30.3 Å². The summed E-state index contributed by atoms with van der Waals surface area (Å²) < 4.78 is 0. The average molecular weight is 352 g/mol. The summed E-state index contributed by atoms with van der Waals surface area (Å²) in [5.74, 6) is -0.921. The molecule has 124 valence electrons. The first kappa shape index (κ1) is 15.8. The Kier molecular flexibility index (Phi) is 3.60. The molecule has 1 aliphatic heterocycles. The smallest absolute Gasteiger partial charge is 0.261 e. The SMILES string of the molecule is O=C(C[C@@]1(O)C(=O)Nc2ccc(Cl)cc21)c1ccc2ccccc2c1. The van der Waals surface area contributed by atoms with Gasteiger partial charge in [0, 0.05) is 21.8 Å². The number of aliphatic hydroxyl groups is 1. The number of hydrogen-bond donors (Lipinski definition) is 2. The van der Waals surface area contributed by atoms with Crippen molar-refractivity contribution in [1.82, 2.24) is 0 Å². The Hall–Kier alpha value is -2.69. The van der Waals surface area contributed by atoms with Crippen molar-refractivity contribution in [3.8, 4) is 0 Å². The van der Waals surface area contributed by atoms with Gasteiger partial charge in [0.05, 0.1) is 6.42 Å². The molecule has 2 N–H and O–H groups in total. The van der Waals surface area contributed by atoms with E-state index in [0.29, 0.717) is 21.8 Å². The van der Waals surface area contributed by atoms with Gasteiger partial charge in [-0.15, -0.1) is 0 Å². The van der Waals surface area contributed by atoms with Crippen molar-refractivity contribution < 1.29 is 14.7 Å². The third kappa shape index (κ3) is 2.60. The quantitative estimate of drug-likeness (QED) is 0.703. The zero-order valence-electron chi connectivity index (χ0n) is 13.1. The fourth-order valence-electron chi connectivity index (χ4n) is 3.19. The van der Waals surface area contributed by atoms with E-state index >= 15 is 0 Å². The number of Topliss-reactive ketones (excluding diaryl/α,β-unsaturated/α-hetero) is 1. The van der Waals surface area contributed by atoms with Crippen LogP contribution in [0.3, 0.4) is 0 Å². The van der Waals surface area contributed by atoms with Crippen LogP contribution in [0.2, 0.25) is 5.02 Å². The molecule has 25 heavy (non-hydrogen) atoms. The lowest BCUT2D eigenvalue weighted by Crippen LogP contribution is -2.36. The molecule has 1 heterocycles. The number of hydrogen-bond acceptors (Lipinski definition) is 3. The van der Waals surface area contributed by atoms with Crippen molar-refractivity contribution in [3.05, 3.63) is 76.8 Å². The minimum atomic E-state index is -1.91. The summed E-state index contributed by atoms with van der Waals surface area (Å²) in [5, 5.41) is 15.8. The normalized spacial score (nSPS) is 18.9. The number of ketones is 1. The molecule has 1 atom stereocenters. The second-order valence-electron chi connectivity index (χ2n) is 6.17. The molecule has 0 aliphatic carbocycles. The van der Waals surface area contributed by atoms with Crippen LogP contribution < -0.4 is 5.32 Å². The van der Waals surface area contributed by atoms with Crippen LogP contribution in [-0.2, 0) is 10.4 Å². The molecule has 0 bridgehead atoms. The van der Waals surface area contributed by atoms with Gasteiger partial charge in [-0.2, -0.15) is 0 Å². The Morgan fingerprint density at radius 2 is 1.80 bits per heavy atom. The molecule has 5 heteroatoms. The third-order valence-electron chi connectivity index (χ3n) is 4.54. The van der Waals surface area contributed by atoms with Crippen molar-refractivity contribution in [1.29, 1.82) is 0 Å². The maximum Gasteiger partial charge on any atom is 0.261 e. The third-order valence-corrected chi connectivity index (χ3v) is 4.77. The number of fused-ring (bicyclic) bond motifs is 2. The van der Waals surface area contributed by atoms with Gasteiger partial charge in [-0.25, -0.2) is 0 Å². The Morgan fingerprint density at radius 3 is 2.60 bits per heavy atom. The number of carbonyl (C=O) groups is 2.